The first-order valence-corrected chi connectivity index (χ1v) is 13.9. The number of rotatable bonds is 16. The predicted molar refractivity (Wildman–Crippen MR) is 138 cm³/mol. The number of aromatic nitrogens is 4. The fraction of sp³-hybridized carbons (Fsp3) is 0.500. The average Bonchev–Trinajstić information content (AvgIpc) is 3.31. The first-order valence-electron chi connectivity index (χ1n) is 12.1. The summed E-state index contributed by atoms with van der Waals surface area (Å²) >= 11 is 0. The van der Waals surface area contributed by atoms with E-state index >= 15 is 0 Å². The highest BCUT2D eigenvalue weighted by molar-refractivity contribution is 7.53. The number of unbranched alkanes of at least 4 members (excludes halogenated alkanes) is 1. The normalized spacial score (nSPS) is 13.9. The molecule has 0 aliphatic carbocycles. The number of nitrogens with one attached hydrogen (secondary N) is 1. The van der Waals surface area contributed by atoms with Crippen LogP contribution in [0.2, 0.25) is 0 Å². The molecule has 0 saturated carbocycles. The predicted octanol–water partition coefficient (Wildman–Crippen LogP) is 3.57. The number of hydrogen-bond donors (Lipinski definition) is 2. The molecule has 2 heterocycles. The summed E-state index contributed by atoms with van der Waals surface area (Å²) in [6.45, 7) is 5.21. The standard InChI is InChI=1S/C24H33N6O6P/c1-3-5-11-34-20(4-2)15-36-37(32,35-14-19-8-6-18(13-25)7-9-19)17-33-12-10-30-16-27-21-22(30)28-24(26)29-23(21)31/h6-9,16,20H,3-5,10-12,14-15,17H2,1-2H3,(H3,26,28,29,31). The van der Waals surface area contributed by atoms with Gasteiger partial charge in [0.1, 0.15) is 6.35 Å². The van der Waals surface area contributed by atoms with Crippen LogP contribution in [0.3, 0.4) is 0 Å². The zero-order chi connectivity index (χ0) is 26.7. The first-order chi connectivity index (χ1) is 17.9. The number of nitrogens with two attached hydrogens (primary N) is 1. The van der Waals surface area contributed by atoms with E-state index in [4.69, 9.17) is 29.5 Å². The second-order valence-electron chi connectivity index (χ2n) is 8.34. The van der Waals surface area contributed by atoms with Crippen LogP contribution >= 0.6 is 7.60 Å². The number of fused-ring (bicyclic) bond motifs is 1. The molecule has 0 saturated heterocycles. The summed E-state index contributed by atoms with van der Waals surface area (Å²) in [6, 6.07) is 8.85. The van der Waals surface area contributed by atoms with E-state index in [9.17, 15) is 9.36 Å². The van der Waals surface area contributed by atoms with Crippen LogP contribution in [0.4, 0.5) is 5.95 Å². The smallest absolute Gasteiger partial charge is 0.356 e. The topological polar surface area (TPSA) is 167 Å². The molecule has 3 N–H and O–H groups in total. The molecule has 1 aromatic carbocycles. The monoisotopic (exact) mass is 532 g/mol. The molecule has 2 aromatic heterocycles. The van der Waals surface area contributed by atoms with Gasteiger partial charge in [0.25, 0.3) is 5.56 Å². The second-order valence-corrected chi connectivity index (χ2v) is 10.3. The maximum atomic E-state index is 13.6. The summed E-state index contributed by atoms with van der Waals surface area (Å²) in [4.78, 5) is 22.5. The maximum Gasteiger partial charge on any atom is 0.356 e. The SMILES string of the molecule is CCCCOC(CC)COP(=O)(COCCn1cnc2c(=O)[nH]c(N)nc21)OCc1ccc(C#N)cc1. The third-order valence-electron chi connectivity index (χ3n) is 5.49. The number of nitrogens with zero attached hydrogens (tertiary/aromatic N) is 4. The third kappa shape index (κ3) is 8.49. The highest BCUT2D eigenvalue weighted by Gasteiger charge is 2.27. The summed E-state index contributed by atoms with van der Waals surface area (Å²) in [5, 5.41) is 8.98. The van der Waals surface area contributed by atoms with E-state index in [1.54, 1.807) is 28.8 Å². The van der Waals surface area contributed by atoms with Gasteiger partial charge >= 0.3 is 7.60 Å². The molecule has 3 aromatic rings. The van der Waals surface area contributed by atoms with Gasteiger partial charge in [-0.3, -0.25) is 14.3 Å². The Balaban J connectivity index is 1.61. The molecule has 0 spiro atoms. The fourth-order valence-corrected chi connectivity index (χ4v) is 4.62. The van der Waals surface area contributed by atoms with E-state index in [1.165, 1.54) is 6.33 Å². The lowest BCUT2D eigenvalue weighted by Gasteiger charge is -2.22. The Hall–Kier alpha value is -3.07. The minimum absolute atomic E-state index is 0.0131. The molecule has 3 rings (SSSR count). The van der Waals surface area contributed by atoms with Crippen LogP contribution in [0.25, 0.3) is 11.2 Å². The van der Waals surface area contributed by atoms with Crippen molar-refractivity contribution >= 4 is 24.7 Å². The van der Waals surface area contributed by atoms with E-state index in [0.29, 0.717) is 30.8 Å². The van der Waals surface area contributed by atoms with E-state index < -0.39 is 13.2 Å². The van der Waals surface area contributed by atoms with Gasteiger partial charge in [0, 0.05) is 13.2 Å². The summed E-state index contributed by atoms with van der Waals surface area (Å²) in [5.41, 5.74) is 6.97. The number of imidazole rings is 1. The molecule has 0 fully saturated rings. The molecule has 200 valence electrons. The van der Waals surface area contributed by atoms with Crippen LogP contribution in [0, 0.1) is 11.3 Å². The quantitative estimate of drug-likeness (QED) is 0.205. The number of anilines is 1. The molecule has 0 aliphatic heterocycles. The van der Waals surface area contributed by atoms with Crippen molar-refractivity contribution in [3.63, 3.8) is 0 Å². The van der Waals surface area contributed by atoms with Crippen LogP contribution in [-0.2, 0) is 36.2 Å². The number of aromatic amines is 1. The lowest BCUT2D eigenvalue weighted by atomic mass is 10.2. The Kier molecular flexibility index (Phi) is 10.8. The van der Waals surface area contributed by atoms with Crippen molar-refractivity contribution in [1.82, 2.24) is 19.5 Å². The summed E-state index contributed by atoms with van der Waals surface area (Å²) in [7, 11) is -3.66. The van der Waals surface area contributed by atoms with Crippen molar-refractivity contribution in [2.45, 2.75) is 52.4 Å². The van der Waals surface area contributed by atoms with Crippen LogP contribution in [-0.4, -0.2) is 51.8 Å². The fourth-order valence-electron chi connectivity index (χ4n) is 3.31. The highest BCUT2D eigenvalue weighted by Crippen LogP contribution is 2.49. The summed E-state index contributed by atoms with van der Waals surface area (Å²) in [6.07, 6.45) is 3.61. The molecule has 2 unspecified atom stereocenters. The van der Waals surface area contributed by atoms with Gasteiger partial charge in [-0.15, -0.1) is 0 Å². The molecular formula is C24H33N6O6P. The van der Waals surface area contributed by atoms with Gasteiger partial charge in [-0.2, -0.15) is 10.2 Å². The van der Waals surface area contributed by atoms with Gasteiger partial charge in [-0.25, -0.2) is 4.98 Å². The van der Waals surface area contributed by atoms with Crippen molar-refractivity contribution < 1.29 is 23.1 Å². The molecular weight excluding hydrogens is 499 g/mol. The molecule has 2 atom stereocenters. The lowest BCUT2D eigenvalue weighted by molar-refractivity contribution is 0.00859. The maximum absolute atomic E-state index is 13.6. The van der Waals surface area contributed by atoms with Crippen molar-refractivity contribution in [2.75, 3.05) is 31.9 Å². The number of ether oxygens (including phenoxy) is 2. The van der Waals surface area contributed by atoms with E-state index in [1.807, 2.05) is 6.92 Å². The molecule has 37 heavy (non-hydrogen) atoms. The van der Waals surface area contributed by atoms with Crippen LogP contribution < -0.4 is 11.3 Å². The van der Waals surface area contributed by atoms with Gasteiger partial charge in [0.05, 0.1) is 43.9 Å². The molecule has 13 heteroatoms. The number of benzene rings is 1. The molecule has 0 amide bonds. The van der Waals surface area contributed by atoms with E-state index in [0.717, 1.165) is 18.4 Å². The number of hydrogen-bond acceptors (Lipinski definition) is 10. The Labute approximate surface area is 215 Å². The Morgan fingerprint density at radius 2 is 2.00 bits per heavy atom. The summed E-state index contributed by atoms with van der Waals surface area (Å²) < 4.78 is 38.2. The Morgan fingerprint density at radius 1 is 1.22 bits per heavy atom. The number of nitriles is 1. The molecule has 0 aliphatic rings. The minimum atomic E-state index is -3.66. The molecule has 12 nitrogen and oxygen atoms in total. The number of H-pyrrole nitrogens is 1. The van der Waals surface area contributed by atoms with Gasteiger partial charge in [-0.05, 0) is 30.5 Å². The highest BCUT2D eigenvalue weighted by atomic mass is 31.2. The van der Waals surface area contributed by atoms with Gasteiger partial charge in [-0.1, -0.05) is 32.4 Å². The van der Waals surface area contributed by atoms with Crippen molar-refractivity contribution in [3.05, 3.63) is 52.1 Å². The van der Waals surface area contributed by atoms with Crippen molar-refractivity contribution in [3.8, 4) is 6.07 Å². The van der Waals surface area contributed by atoms with Crippen LogP contribution in [0.1, 0.15) is 44.2 Å². The first kappa shape index (κ1) is 28.5. The second kappa shape index (κ2) is 14.0. The van der Waals surface area contributed by atoms with E-state index in [-0.39, 0.29) is 43.7 Å². The summed E-state index contributed by atoms with van der Waals surface area (Å²) in [5.74, 6) is -0.0131. The Morgan fingerprint density at radius 3 is 2.70 bits per heavy atom. The van der Waals surface area contributed by atoms with Crippen molar-refractivity contribution in [2.24, 2.45) is 0 Å². The van der Waals surface area contributed by atoms with Crippen LogP contribution in [0.15, 0.2) is 35.4 Å². The molecule has 0 bridgehead atoms. The van der Waals surface area contributed by atoms with E-state index in [2.05, 4.69) is 27.9 Å². The lowest BCUT2D eigenvalue weighted by Crippen LogP contribution is -2.20. The van der Waals surface area contributed by atoms with Gasteiger partial charge in [0.2, 0.25) is 5.95 Å². The average molecular weight is 533 g/mol. The van der Waals surface area contributed by atoms with Crippen molar-refractivity contribution in [1.29, 1.82) is 5.26 Å². The zero-order valence-corrected chi connectivity index (χ0v) is 22.0. The van der Waals surface area contributed by atoms with Gasteiger partial charge in [0.15, 0.2) is 11.2 Å². The third-order valence-corrected chi connectivity index (χ3v) is 7.06. The minimum Gasteiger partial charge on any atom is -0.376 e. The van der Waals surface area contributed by atoms with Crippen LogP contribution in [0.5, 0.6) is 0 Å². The number of nitrogen functional groups attached to an aromatic ring is 1. The van der Waals surface area contributed by atoms with Gasteiger partial charge < -0.3 is 28.8 Å². The Bertz CT molecular complexity index is 1290. The molecule has 0 radical (unpaired) electrons. The largest absolute Gasteiger partial charge is 0.376 e. The zero-order valence-electron chi connectivity index (χ0n) is 21.1.